The lowest BCUT2D eigenvalue weighted by Gasteiger charge is -1.99. The van der Waals surface area contributed by atoms with E-state index in [1.807, 2.05) is 6.92 Å². The van der Waals surface area contributed by atoms with E-state index in [1.54, 1.807) is 12.1 Å². The van der Waals surface area contributed by atoms with E-state index in [4.69, 9.17) is 4.42 Å². The van der Waals surface area contributed by atoms with Crippen LogP contribution in [0.15, 0.2) is 21.3 Å². The number of aromatic amines is 1. The van der Waals surface area contributed by atoms with Gasteiger partial charge in [0.05, 0.1) is 5.69 Å². The molecule has 2 rings (SSSR count). The summed E-state index contributed by atoms with van der Waals surface area (Å²) in [5.41, 5.74) is -0.717. The second kappa shape index (κ2) is 3.92. The van der Waals surface area contributed by atoms with Gasteiger partial charge < -0.3 is 9.40 Å². The van der Waals surface area contributed by atoms with Crippen LogP contribution in [0.5, 0.6) is 0 Å². The van der Waals surface area contributed by atoms with Gasteiger partial charge in [-0.3, -0.25) is 4.79 Å². The molecule has 1 N–H and O–H groups in total. The summed E-state index contributed by atoms with van der Waals surface area (Å²) in [5, 5.41) is 0. The summed E-state index contributed by atoms with van der Waals surface area (Å²) in [6, 6.07) is 3.50. The highest BCUT2D eigenvalue weighted by atomic mass is 19.1. The zero-order valence-corrected chi connectivity index (χ0v) is 9.00. The fourth-order valence-electron chi connectivity index (χ4n) is 1.38. The van der Waals surface area contributed by atoms with Gasteiger partial charge >= 0.3 is 0 Å². The molecule has 16 heavy (non-hydrogen) atoms. The van der Waals surface area contributed by atoms with Crippen molar-refractivity contribution in [2.24, 2.45) is 0 Å². The molecule has 0 amide bonds. The molecule has 0 aliphatic rings. The molecule has 0 radical (unpaired) electrons. The van der Waals surface area contributed by atoms with Crippen LogP contribution >= 0.6 is 0 Å². The lowest BCUT2D eigenvalue weighted by molar-refractivity contribution is 0.522. The zero-order valence-electron chi connectivity index (χ0n) is 9.00. The van der Waals surface area contributed by atoms with Gasteiger partial charge in [-0.1, -0.05) is 6.92 Å². The summed E-state index contributed by atoms with van der Waals surface area (Å²) in [6.45, 7) is 3.40. The van der Waals surface area contributed by atoms with Gasteiger partial charge in [-0.25, -0.2) is 4.98 Å². The van der Waals surface area contributed by atoms with Crippen LogP contribution in [0.3, 0.4) is 0 Å². The molecule has 0 aromatic carbocycles. The number of hydrogen-bond donors (Lipinski definition) is 1. The summed E-state index contributed by atoms with van der Waals surface area (Å²) in [6.07, 6.45) is 0.754. The fraction of sp³-hybridized carbons (Fsp3) is 0.273. The first-order valence-electron chi connectivity index (χ1n) is 4.97. The maximum absolute atomic E-state index is 13.1. The number of rotatable bonds is 2. The molecule has 2 heterocycles. The monoisotopic (exact) mass is 222 g/mol. The Labute approximate surface area is 91.1 Å². The van der Waals surface area contributed by atoms with Crippen molar-refractivity contribution >= 4 is 0 Å². The van der Waals surface area contributed by atoms with Crippen molar-refractivity contribution in [3.05, 3.63) is 39.8 Å². The minimum absolute atomic E-state index is 0.0631. The third kappa shape index (κ3) is 1.76. The topological polar surface area (TPSA) is 58.9 Å². The van der Waals surface area contributed by atoms with Crippen molar-refractivity contribution in [1.29, 1.82) is 0 Å². The minimum atomic E-state index is -0.856. The Morgan fingerprint density at radius 3 is 2.81 bits per heavy atom. The Kier molecular flexibility index (Phi) is 2.60. The molecule has 4 nitrogen and oxygen atoms in total. The number of aromatic nitrogens is 2. The van der Waals surface area contributed by atoms with Crippen molar-refractivity contribution in [1.82, 2.24) is 9.97 Å². The SMILES string of the molecule is CCc1ccc(-c2nc(C)c(F)c(=O)[nH]2)o1. The van der Waals surface area contributed by atoms with Gasteiger partial charge in [0.25, 0.3) is 5.56 Å². The van der Waals surface area contributed by atoms with Crippen LogP contribution in [0, 0.1) is 12.7 Å². The van der Waals surface area contributed by atoms with E-state index in [0.29, 0.717) is 5.76 Å². The van der Waals surface area contributed by atoms with Crippen LogP contribution in [-0.4, -0.2) is 9.97 Å². The number of H-pyrrole nitrogens is 1. The van der Waals surface area contributed by atoms with Gasteiger partial charge in [0.2, 0.25) is 5.82 Å². The number of nitrogens with zero attached hydrogens (tertiary/aromatic N) is 1. The molecule has 2 aromatic rings. The van der Waals surface area contributed by atoms with Crippen LogP contribution in [-0.2, 0) is 6.42 Å². The standard InChI is InChI=1S/C11H11FN2O2/c1-3-7-4-5-8(16-7)10-13-6(2)9(12)11(15)14-10/h4-5H,3H2,1-2H3,(H,13,14,15). The first kappa shape index (κ1) is 10.6. The van der Waals surface area contributed by atoms with Crippen LogP contribution < -0.4 is 5.56 Å². The van der Waals surface area contributed by atoms with E-state index in [0.717, 1.165) is 12.2 Å². The van der Waals surface area contributed by atoms with Crippen LogP contribution in [0.4, 0.5) is 4.39 Å². The molecule has 0 fully saturated rings. The van der Waals surface area contributed by atoms with E-state index in [2.05, 4.69) is 9.97 Å². The predicted octanol–water partition coefficient (Wildman–Crippen LogP) is 2.04. The molecule has 0 bridgehead atoms. The van der Waals surface area contributed by atoms with Crippen molar-refractivity contribution in [2.45, 2.75) is 20.3 Å². The van der Waals surface area contributed by atoms with Crippen molar-refractivity contribution in [3.8, 4) is 11.6 Å². The van der Waals surface area contributed by atoms with Crippen LogP contribution in [0.2, 0.25) is 0 Å². The second-order valence-electron chi connectivity index (χ2n) is 3.43. The summed E-state index contributed by atoms with van der Waals surface area (Å²) in [4.78, 5) is 17.5. The molecule has 0 spiro atoms. The average molecular weight is 222 g/mol. The summed E-state index contributed by atoms with van der Waals surface area (Å²) in [5.74, 6) is 0.631. The largest absolute Gasteiger partial charge is 0.458 e. The first-order valence-corrected chi connectivity index (χ1v) is 4.97. The molecule has 5 heteroatoms. The Hall–Kier alpha value is -1.91. The Bertz CT molecular complexity index is 572. The maximum atomic E-state index is 13.1. The number of halogens is 1. The normalized spacial score (nSPS) is 10.7. The fourth-order valence-corrected chi connectivity index (χ4v) is 1.38. The molecule has 84 valence electrons. The third-order valence-electron chi connectivity index (χ3n) is 2.27. The molecule has 0 saturated heterocycles. The maximum Gasteiger partial charge on any atom is 0.287 e. The van der Waals surface area contributed by atoms with E-state index in [-0.39, 0.29) is 11.5 Å². The minimum Gasteiger partial charge on any atom is -0.458 e. The smallest absolute Gasteiger partial charge is 0.287 e. The van der Waals surface area contributed by atoms with Crippen LogP contribution in [0.25, 0.3) is 11.6 Å². The molecular formula is C11H11FN2O2. The van der Waals surface area contributed by atoms with Crippen molar-refractivity contribution < 1.29 is 8.81 Å². The molecule has 0 saturated carbocycles. The highest BCUT2D eigenvalue weighted by molar-refractivity contribution is 5.46. The summed E-state index contributed by atoms with van der Waals surface area (Å²) >= 11 is 0. The molecule has 0 unspecified atom stereocenters. The number of hydrogen-bond acceptors (Lipinski definition) is 3. The lowest BCUT2D eigenvalue weighted by Crippen LogP contribution is -2.15. The Balaban J connectivity index is 2.52. The van der Waals surface area contributed by atoms with Gasteiger partial charge in [-0.15, -0.1) is 0 Å². The molecule has 2 aromatic heterocycles. The van der Waals surface area contributed by atoms with Gasteiger partial charge in [-0.05, 0) is 19.1 Å². The first-order chi connectivity index (χ1) is 7.61. The van der Waals surface area contributed by atoms with E-state index in [1.165, 1.54) is 6.92 Å². The number of aryl methyl sites for hydroxylation is 2. The molecule has 0 atom stereocenters. The van der Waals surface area contributed by atoms with E-state index < -0.39 is 11.4 Å². The lowest BCUT2D eigenvalue weighted by atomic mass is 10.3. The van der Waals surface area contributed by atoms with Gasteiger partial charge in [0.15, 0.2) is 11.6 Å². The molecule has 0 aliphatic heterocycles. The summed E-state index contributed by atoms with van der Waals surface area (Å²) in [7, 11) is 0. The van der Waals surface area contributed by atoms with Crippen LogP contribution in [0.1, 0.15) is 18.4 Å². The van der Waals surface area contributed by atoms with E-state index in [9.17, 15) is 9.18 Å². The van der Waals surface area contributed by atoms with Gasteiger partial charge in [0.1, 0.15) is 5.76 Å². The zero-order chi connectivity index (χ0) is 11.7. The van der Waals surface area contributed by atoms with E-state index >= 15 is 0 Å². The van der Waals surface area contributed by atoms with Gasteiger partial charge in [-0.2, -0.15) is 4.39 Å². The number of nitrogens with one attached hydrogen (secondary N) is 1. The van der Waals surface area contributed by atoms with Gasteiger partial charge in [0, 0.05) is 6.42 Å². The number of furan rings is 1. The van der Waals surface area contributed by atoms with Crippen molar-refractivity contribution in [2.75, 3.05) is 0 Å². The van der Waals surface area contributed by atoms with Crippen molar-refractivity contribution in [3.63, 3.8) is 0 Å². The quantitative estimate of drug-likeness (QED) is 0.845. The molecule has 0 aliphatic carbocycles. The molecular weight excluding hydrogens is 211 g/mol. The Morgan fingerprint density at radius 2 is 2.25 bits per heavy atom. The average Bonchev–Trinajstić information content (AvgIpc) is 2.73. The highest BCUT2D eigenvalue weighted by Crippen LogP contribution is 2.18. The predicted molar refractivity (Wildman–Crippen MR) is 56.6 cm³/mol. The third-order valence-corrected chi connectivity index (χ3v) is 2.27. The second-order valence-corrected chi connectivity index (χ2v) is 3.43. The summed E-state index contributed by atoms with van der Waals surface area (Å²) < 4.78 is 18.5. The Morgan fingerprint density at radius 1 is 1.50 bits per heavy atom. The highest BCUT2D eigenvalue weighted by Gasteiger charge is 2.11.